The van der Waals surface area contributed by atoms with E-state index in [1.807, 2.05) is 60.7 Å². The summed E-state index contributed by atoms with van der Waals surface area (Å²) in [6.07, 6.45) is -0.717. The van der Waals surface area contributed by atoms with E-state index in [2.05, 4.69) is 10.6 Å². The van der Waals surface area contributed by atoms with Crippen LogP contribution in [0.25, 0.3) is 0 Å². The molecule has 0 aromatic heterocycles. The third kappa shape index (κ3) is 8.77. The summed E-state index contributed by atoms with van der Waals surface area (Å²) in [6.45, 7) is 5.10. The van der Waals surface area contributed by atoms with Crippen molar-refractivity contribution in [2.45, 2.75) is 45.4 Å². The van der Waals surface area contributed by atoms with Crippen LogP contribution in [0.4, 0.5) is 4.79 Å². The first kappa shape index (κ1) is 22.9. The van der Waals surface area contributed by atoms with E-state index < -0.39 is 29.6 Å². The average Bonchev–Trinajstić information content (AvgIpc) is 2.70. The highest BCUT2D eigenvalue weighted by Gasteiger charge is 2.21. The number of nitrogens with one attached hydrogen (secondary N) is 2. The minimum absolute atomic E-state index is 0.0327. The van der Waals surface area contributed by atoms with E-state index in [0.717, 1.165) is 11.1 Å². The van der Waals surface area contributed by atoms with Crippen molar-refractivity contribution < 1.29 is 23.9 Å². The molecule has 7 heteroatoms. The average molecular weight is 412 g/mol. The number of carbonyl (C=O) groups excluding carboxylic acids is 3. The van der Waals surface area contributed by atoms with Gasteiger partial charge in [0, 0.05) is 0 Å². The molecule has 1 unspecified atom stereocenters. The van der Waals surface area contributed by atoms with Gasteiger partial charge in [-0.3, -0.25) is 9.59 Å². The number of esters is 1. The maximum Gasteiger partial charge on any atom is 0.408 e. The summed E-state index contributed by atoms with van der Waals surface area (Å²) in [5.41, 5.74) is 0.989. The lowest BCUT2D eigenvalue weighted by Crippen LogP contribution is -2.41. The highest BCUT2D eigenvalue weighted by molar-refractivity contribution is 5.83. The molecule has 0 saturated heterocycles. The van der Waals surface area contributed by atoms with Crippen LogP contribution in [0.2, 0.25) is 0 Å². The number of benzene rings is 2. The molecule has 2 aromatic carbocycles. The molecule has 0 aliphatic rings. The molecule has 0 radical (unpaired) electrons. The summed E-state index contributed by atoms with van der Waals surface area (Å²) < 4.78 is 10.4. The summed E-state index contributed by atoms with van der Waals surface area (Å²) in [4.78, 5) is 36.4. The van der Waals surface area contributed by atoms with E-state index in [9.17, 15) is 14.4 Å². The Morgan fingerprint density at radius 3 is 2.13 bits per heavy atom. The van der Waals surface area contributed by atoms with E-state index in [1.165, 1.54) is 0 Å². The maximum absolute atomic E-state index is 12.3. The van der Waals surface area contributed by atoms with Crippen molar-refractivity contribution in [3.05, 3.63) is 71.8 Å². The van der Waals surface area contributed by atoms with Crippen molar-refractivity contribution in [3.63, 3.8) is 0 Å². The molecule has 2 amide bonds. The standard InChI is InChI=1S/C23H28N2O5/c1-23(2,3)30-22(28)24-15-20(26)25-19(18-12-8-5-9-13-18)14-21(27)29-16-17-10-6-4-7-11-17/h4-13,19H,14-16H2,1-3H3,(H,24,28)(H,25,26). The molecule has 2 rings (SSSR count). The molecule has 0 aliphatic carbocycles. The zero-order valence-electron chi connectivity index (χ0n) is 17.5. The van der Waals surface area contributed by atoms with Gasteiger partial charge in [0.05, 0.1) is 12.5 Å². The van der Waals surface area contributed by atoms with Gasteiger partial charge in [-0.2, -0.15) is 0 Å². The lowest BCUT2D eigenvalue weighted by Gasteiger charge is -2.21. The molecule has 30 heavy (non-hydrogen) atoms. The van der Waals surface area contributed by atoms with Gasteiger partial charge in [0.25, 0.3) is 0 Å². The Kier molecular flexibility index (Phi) is 8.41. The normalized spacial score (nSPS) is 11.8. The van der Waals surface area contributed by atoms with Crippen LogP contribution in [0.5, 0.6) is 0 Å². The summed E-state index contributed by atoms with van der Waals surface area (Å²) in [7, 11) is 0. The van der Waals surface area contributed by atoms with Gasteiger partial charge in [0.1, 0.15) is 18.8 Å². The van der Waals surface area contributed by atoms with Crippen molar-refractivity contribution >= 4 is 18.0 Å². The van der Waals surface area contributed by atoms with E-state index >= 15 is 0 Å². The molecule has 0 saturated carbocycles. The molecule has 7 nitrogen and oxygen atoms in total. The first-order chi connectivity index (χ1) is 14.2. The zero-order valence-corrected chi connectivity index (χ0v) is 17.5. The fraction of sp³-hybridized carbons (Fsp3) is 0.348. The van der Waals surface area contributed by atoms with Crippen LogP contribution in [0.1, 0.15) is 44.4 Å². The van der Waals surface area contributed by atoms with Crippen LogP contribution in [0.15, 0.2) is 60.7 Å². The Morgan fingerprint density at radius 2 is 1.53 bits per heavy atom. The molecule has 1 atom stereocenters. The minimum Gasteiger partial charge on any atom is -0.461 e. The lowest BCUT2D eigenvalue weighted by molar-refractivity contribution is -0.145. The van der Waals surface area contributed by atoms with Crippen LogP contribution in [-0.2, 0) is 25.7 Å². The molecular formula is C23H28N2O5. The van der Waals surface area contributed by atoms with Crippen molar-refractivity contribution in [3.8, 4) is 0 Å². The van der Waals surface area contributed by atoms with Gasteiger partial charge >= 0.3 is 12.1 Å². The summed E-state index contributed by atoms with van der Waals surface area (Å²) in [6, 6.07) is 17.9. The van der Waals surface area contributed by atoms with Gasteiger partial charge in [-0.1, -0.05) is 60.7 Å². The number of carbonyl (C=O) groups is 3. The van der Waals surface area contributed by atoms with Gasteiger partial charge in [0.2, 0.25) is 5.91 Å². The molecule has 0 fully saturated rings. The Bertz CT molecular complexity index is 832. The fourth-order valence-electron chi connectivity index (χ4n) is 2.61. The minimum atomic E-state index is -0.684. The predicted octanol–water partition coefficient (Wildman–Crippen LogP) is 3.50. The first-order valence-corrected chi connectivity index (χ1v) is 9.73. The second-order valence-corrected chi connectivity index (χ2v) is 7.74. The highest BCUT2D eigenvalue weighted by Crippen LogP contribution is 2.17. The second-order valence-electron chi connectivity index (χ2n) is 7.74. The van der Waals surface area contributed by atoms with E-state index in [-0.39, 0.29) is 19.6 Å². The number of hydrogen-bond donors (Lipinski definition) is 2. The number of alkyl carbamates (subject to hydrolysis) is 1. The third-order valence-electron chi connectivity index (χ3n) is 3.94. The Morgan fingerprint density at radius 1 is 0.933 bits per heavy atom. The first-order valence-electron chi connectivity index (χ1n) is 9.73. The topological polar surface area (TPSA) is 93.7 Å². The summed E-state index contributed by atoms with van der Waals surface area (Å²) in [5, 5.41) is 5.18. The Labute approximate surface area is 176 Å². The third-order valence-corrected chi connectivity index (χ3v) is 3.94. The quantitative estimate of drug-likeness (QED) is 0.647. The van der Waals surface area contributed by atoms with Gasteiger partial charge in [0.15, 0.2) is 0 Å². The van der Waals surface area contributed by atoms with Crippen molar-refractivity contribution in [2.75, 3.05) is 6.54 Å². The van der Waals surface area contributed by atoms with E-state index in [1.54, 1.807) is 20.8 Å². The fourth-order valence-corrected chi connectivity index (χ4v) is 2.61. The van der Waals surface area contributed by atoms with Gasteiger partial charge in [-0.15, -0.1) is 0 Å². The van der Waals surface area contributed by atoms with Crippen LogP contribution in [0.3, 0.4) is 0 Å². The van der Waals surface area contributed by atoms with E-state index in [0.29, 0.717) is 0 Å². The molecule has 0 spiro atoms. The number of hydrogen-bond acceptors (Lipinski definition) is 5. The predicted molar refractivity (Wildman–Crippen MR) is 112 cm³/mol. The Balaban J connectivity index is 1.92. The SMILES string of the molecule is CC(C)(C)OC(=O)NCC(=O)NC(CC(=O)OCc1ccccc1)c1ccccc1. The monoisotopic (exact) mass is 412 g/mol. The molecular weight excluding hydrogens is 384 g/mol. The van der Waals surface area contributed by atoms with Crippen molar-refractivity contribution in [2.24, 2.45) is 0 Å². The molecule has 0 bridgehead atoms. The van der Waals surface area contributed by atoms with Crippen LogP contribution >= 0.6 is 0 Å². The van der Waals surface area contributed by atoms with Gasteiger partial charge < -0.3 is 20.1 Å². The molecule has 160 valence electrons. The zero-order chi connectivity index (χ0) is 22.0. The summed E-state index contributed by atoms with van der Waals surface area (Å²) in [5.74, 6) is -0.876. The number of rotatable bonds is 8. The van der Waals surface area contributed by atoms with Crippen molar-refractivity contribution in [1.82, 2.24) is 10.6 Å². The van der Waals surface area contributed by atoms with Crippen LogP contribution in [-0.4, -0.2) is 30.1 Å². The maximum atomic E-state index is 12.3. The molecule has 2 N–H and O–H groups in total. The molecule has 0 heterocycles. The largest absolute Gasteiger partial charge is 0.461 e. The van der Waals surface area contributed by atoms with Gasteiger partial charge in [-0.25, -0.2) is 4.79 Å². The summed E-state index contributed by atoms with van der Waals surface area (Å²) >= 11 is 0. The van der Waals surface area contributed by atoms with Gasteiger partial charge in [-0.05, 0) is 31.9 Å². The molecule has 0 aliphatic heterocycles. The number of amides is 2. The number of ether oxygens (including phenoxy) is 2. The van der Waals surface area contributed by atoms with E-state index in [4.69, 9.17) is 9.47 Å². The highest BCUT2D eigenvalue weighted by atomic mass is 16.6. The van der Waals surface area contributed by atoms with Crippen LogP contribution in [0, 0.1) is 0 Å². The second kappa shape index (κ2) is 11.0. The van der Waals surface area contributed by atoms with Crippen molar-refractivity contribution in [1.29, 1.82) is 0 Å². The molecule has 2 aromatic rings. The van der Waals surface area contributed by atoms with Crippen LogP contribution < -0.4 is 10.6 Å². The smallest absolute Gasteiger partial charge is 0.408 e. The Hall–Kier alpha value is -3.35. The lowest BCUT2D eigenvalue weighted by atomic mass is 10.0.